The number of rotatable bonds is 16. The molecule has 10 nitrogen and oxygen atoms in total. The van der Waals surface area contributed by atoms with Gasteiger partial charge in [0.1, 0.15) is 17.7 Å². The van der Waals surface area contributed by atoms with Crippen molar-refractivity contribution in [3.8, 4) is 0 Å². The number of esters is 1. The standard InChI is InChI=1S/C46H49N3O7/c1-4-6-21-38(51)47-30(3)41(33-18-11-8-12-19-33)55-45(54)39-37-24-25-46(56-37)40(39)43(52)49(36(29-50)27-31-15-9-7-10-16-31)42(46)44(53)48(26-5-2)35-23-22-32-17-13-14-20-34(32)28-35/h4-5,7-20,22-23,28,30,36-37,39-42,50H,1-2,6,21,24-27,29H2,3H3,(H,47,51)/t30-,36-,37+,39-,40-,41-,42+,46-/m1/s1. The number of anilines is 1. The van der Waals surface area contributed by atoms with Gasteiger partial charge in [0.2, 0.25) is 11.8 Å². The third kappa shape index (κ3) is 7.27. The van der Waals surface area contributed by atoms with Crippen molar-refractivity contribution in [1.82, 2.24) is 10.2 Å². The van der Waals surface area contributed by atoms with Gasteiger partial charge in [0.25, 0.3) is 5.91 Å². The Hall–Kier alpha value is -5.58. The fourth-order valence-corrected chi connectivity index (χ4v) is 9.05. The zero-order chi connectivity index (χ0) is 39.4. The van der Waals surface area contributed by atoms with Crippen LogP contribution in [-0.4, -0.2) is 76.7 Å². The maximum Gasteiger partial charge on any atom is 0.313 e. The zero-order valence-electron chi connectivity index (χ0n) is 31.7. The number of ether oxygens (including phenoxy) is 2. The topological polar surface area (TPSA) is 125 Å². The average molecular weight is 756 g/mol. The van der Waals surface area contributed by atoms with Crippen LogP contribution < -0.4 is 10.2 Å². The Bertz CT molecular complexity index is 2090. The number of hydrogen-bond acceptors (Lipinski definition) is 7. The number of aliphatic hydroxyl groups is 1. The van der Waals surface area contributed by atoms with E-state index < -0.39 is 66.3 Å². The van der Waals surface area contributed by atoms with E-state index in [2.05, 4.69) is 18.5 Å². The summed E-state index contributed by atoms with van der Waals surface area (Å²) in [5.41, 5.74) is 0.842. The van der Waals surface area contributed by atoms with E-state index in [9.17, 15) is 14.7 Å². The highest BCUT2D eigenvalue weighted by molar-refractivity contribution is 6.05. The smallest absolute Gasteiger partial charge is 0.313 e. The van der Waals surface area contributed by atoms with Crippen molar-refractivity contribution >= 4 is 40.2 Å². The molecule has 56 heavy (non-hydrogen) atoms. The Morgan fingerprint density at radius 1 is 0.982 bits per heavy atom. The van der Waals surface area contributed by atoms with Gasteiger partial charge < -0.3 is 29.7 Å². The van der Waals surface area contributed by atoms with Crippen LogP contribution in [0.15, 0.2) is 128 Å². The first kappa shape index (κ1) is 38.7. The van der Waals surface area contributed by atoms with E-state index in [1.54, 1.807) is 24.0 Å². The van der Waals surface area contributed by atoms with E-state index in [0.29, 0.717) is 30.5 Å². The number of aliphatic hydroxyl groups excluding tert-OH is 1. The fourth-order valence-electron chi connectivity index (χ4n) is 9.05. The van der Waals surface area contributed by atoms with Gasteiger partial charge >= 0.3 is 5.97 Å². The van der Waals surface area contributed by atoms with Crippen molar-refractivity contribution in [2.75, 3.05) is 18.1 Å². The fraction of sp³-hybridized carbons (Fsp3) is 0.348. The molecule has 0 aromatic heterocycles. The summed E-state index contributed by atoms with van der Waals surface area (Å²) < 4.78 is 13.1. The number of amides is 3. The molecule has 290 valence electrons. The van der Waals surface area contributed by atoms with Gasteiger partial charge in [-0.05, 0) is 66.6 Å². The lowest BCUT2D eigenvalue weighted by molar-refractivity contribution is -0.162. The molecule has 1 spiro atoms. The number of nitrogens with one attached hydrogen (secondary N) is 1. The molecular weight excluding hydrogens is 707 g/mol. The average Bonchev–Trinajstić information content (AvgIpc) is 3.87. The molecule has 0 saturated carbocycles. The summed E-state index contributed by atoms with van der Waals surface area (Å²) in [7, 11) is 0. The molecular formula is C46H49N3O7. The van der Waals surface area contributed by atoms with Gasteiger partial charge in [-0.15, -0.1) is 13.2 Å². The number of carbonyl (C=O) groups is 4. The maximum atomic E-state index is 15.3. The van der Waals surface area contributed by atoms with Crippen molar-refractivity contribution in [3.63, 3.8) is 0 Å². The maximum absolute atomic E-state index is 15.3. The predicted molar refractivity (Wildman–Crippen MR) is 214 cm³/mol. The van der Waals surface area contributed by atoms with Gasteiger partial charge in [0.05, 0.1) is 36.6 Å². The van der Waals surface area contributed by atoms with Crippen molar-refractivity contribution < 1.29 is 33.8 Å². The number of allylic oxidation sites excluding steroid dienone is 1. The molecule has 10 heteroatoms. The van der Waals surface area contributed by atoms with E-state index in [1.165, 1.54) is 4.90 Å². The lowest BCUT2D eigenvalue weighted by Gasteiger charge is -2.39. The van der Waals surface area contributed by atoms with E-state index in [-0.39, 0.29) is 31.2 Å². The van der Waals surface area contributed by atoms with Crippen LogP contribution in [0.5, 0.6) is 0 Å². The summed E-state index contributed by atoms with van der Waals surface area (Å²) in [4.78, 5) is 60.9. The molecule has 8 atom stereocenters. The number of likely N-dealkylation sites (tertiary alicyclic amines) is 1. The minimum Gasteiger partial charge on any atom is -0.455 e. The quantitative estimate of drug-likeness (QED) is 0.105. The Balaban J connectivity index is 1.26. The summed E-state index contributed by atoms with van der Waals surface area (Å²) in [6.45, 7) is 9.17. The van der Waals surface area contributed by atoms with Gasteiger partial charge in [-0.3, -0.25) is 19.2 Å². The van der Waals surface area contributed by atoms with Gasteiger partial charge in [-0.1, -0.05) is 103 Å². The van der Waals surface area contributed by atoms with Crippen LogP contribution in [-0.2, 0) is 35.1 Å². The summed E-state index contributed by atoms with van der Waals surface area (Å²) in [5, 5.41) is 15.9. The number of benzene rings is 4. The van der Waals surface area contributed by atoms with Crippen LogP contribution in [0.4, 0.5) is 5.69 Å². The Labute approximate surface area is 327 Å². The van der Waals surface area contributed by atoms with E-state index in [4.69, 9.17) is 9.47 Å². The lowest BCUT2D eigenvalue weighted by Crippen LogP contribution is -2.59. The Morgan fingerprint density at radius 3 is 2.38 bits per heavy atom. The molecule has 7 rings (SSSR count). The van der Waals surface area contributed by atoms with E-state index in [0.717, 1.165) is 16.3 Å². The second kappa shape index (κ2) is 16.6. The van der Waals surface area contributed by atoms with Crippen LogP contribution in [0, 0.1) is 11.8 Å². The Morgan fingerprint density at radius 2 is 1.68 bits per heavy atom. The van der Waals surface area contributed by atoms with Gasteiger partial charge in [0, 0.05) is 18.7 Å². The zero-order valence-corrected chi connectivity index (χ0v) is 31.7. The third-order valence-electron chi connectivity index (χ3n) is 11.6. The molecule has 0 radical (unpaired) electrons. The predicted octanol–water partition coefficient (Wildman–Crippen LogP) is 6.09. The molecule has 2 N–H and O–H groups in total. The number of hydrogen-bond donors (Lipinski definition) is 2. The minimum atomic E-state index is -1.35. The minimum absolute atomic E-state index is 0.156. The van der Waals surface area contributed by atoms with Gasteiger partial charge in [0.15, 0.2) is 0 Å². The number of nitrogens with zero attached hydrogens (tertiary/aromatic N) is 2. The molecule has 0 unspecified atom stereocenters. The largest absolute Gasteiger partial charge is 0.455 e. The van der Waals surface area contributed by atoms with Crippen LogP contribution in [0.1, 0.15) is 49.8 Å². The molecule has 0 aliphatic carbocycles. The number of fused-ring (bicyclic) bond motifs is 2. The SMILES string of the molecule is C=CCCC(=O)N[C@H](C)[C@@H](OC(=O)[C@@H]1[C@@H]2CC[C@]3(O2)[C@H](C(=O)N(CC=C)c2ccc4ccccc4c2)N([C@@H](CO)Cc2ccccc2)C(=O)[C@@H]13)c1ccccc1. The molecule has 3 aliphatic heterocycles. The Kier molecular flexibility index (Phi) is 11.5. The highest BCUT2D eigenvalue weighted by atomic mass is 16.6. The molecule has 3 saturated heterocycles. The summed E-state index contributed by atoms with van der Waals surface area (Å²) >= 11 is 0. The normalized spacial score (nSPS) is 23.9. The van der Waals surface area contributed by atoms with Crippen molar-refractivity contribution in [3.05, 3.63) is 140 Å². The van der Waals surface area contributed by atoms with E-state index >= 15 is 9.59 Å². The molecule has 3 amide bonds. The van der Waals surface area contributed by atoms with Crippen LogP contribution >= 0.6 is 0 Å². The highest BCUT2D eigenvalue weighted by Gasteiger charge is 2.75. The summed E-state index contributed by atoms with van der Waals surface area (Å²) in [6, 6.07) is 29.8. The molecule has 3 aliphatic rings. The van der Waals surface area contributed by atoms with Crippen LogP contribution in [0.3, 0.4) is 0 Å². The summed E-state index contributed by atoms with van der Waals surface area (Å²) in [5.74, 6) is -3.70. The highest BCUT2D eigenvalue weighted by Crippen LogP contribution is 2.59. The molecule has 4 aromatic carbocycles. The third-order valence-corrected chi connectivity index (χ3v) is 11.6. The number of carbonyl (C=O) groups excluding carboxylic acids is 4. The summed E-state index contributed by atoms with van der Waals surface area (Å²) in [6.07, 6.45) is 3.61. The molecule has 2 bridgehead atoms. The molecule has 3 fully saturated rings. The second-order valence-electron chi connectivity index (χ2n) is 15.0. The van der Waals surface area contributed by atoms with E-state index in [1.807, 2.05) is 103 Å². The first-order valence-electron chi connectivity index (χ1n) is 19.4. The van der Waals surface area contributed by atoms with Crippen molar-refractivity contribution in [2.45, 2.75) is 75.0 Å². The molecule has 3 heterocycles. The first-order valence-corrected chi connectivity index (χ1v) is 19.4. The van der Waals surface area contributed by atoms with Crippen molar-refractivity contribution in [1.29, 1.82) is 0 Å². The second-order valence-corrected chi connectivity index (χ2v) is 15.0. The van der Waals surface area contributed by atoms with Gasteiger partial charge in [-0.2, -0.15) is 0 Å². The van der Waals surface area contributed by atoms with Gasteiger partial charge in [-0.25, -0.2) is 0 Å². The molecule has 4 aromatic rings. The van der Waals surface area contributed by atoms with Crippen LogP contribution in [0.2, 0.25) is 0 Å². The van der Waals surface area contributed by atoms with Crippen LogP contribution in [0.25, 0.3) is 10.8 Å². The van der Waals surface area contributed by atoms with Crippen molar-refractivity contribution in [2.24, 2.45) is 11.8 Å². The first-order chi connectivity index (χ1) is 27.2. The monoisotopic (exact) mass is 755 g/mol. The lowest BCUT2D eigenvalue weighted by atomic mass is 9.70.